The zero-order valence-corrected chi connectivity index (χ0v) is 12.5. The predicted octanol–water partition coefficient (Wildman–Crippen LogP) is 2.92. The number of likely N-dealkylation sites (N-methyl/N-ethyl adjacent to an activating group) is 1. The molecule has 5 heteroatoms. The minimum Gasteiger partial charge on any atom is -0.336 e. The molecule has 1 N–H and O–H groups in total. The number of aryl methyl sites for hydroxylation is 1. The lowest BCUT2D eigenvalue weighted by Crippen LogP contribution is -2.24. The van der Waals surface area contributed by atoms with Crippen molar-refractivity contribution in [2.24, 2.45) is 7.05 Å². The first-order valence-corrected chi connectivity index (χ1v) is 7.63. The van der Waals surface area contributed by atoms with Gasteiger partial charge in [-0.15, -0.1) is 11.3 Å². The maximum absolute atomic E-state index is 4.72. The number of aromatic nitrogens is 3. The third kappa shape index (κ3) is 2.59. The van der Waals surface area contributed by atoms with Crippen LogP contribution in [0.3, 0.4) is 0 Å². The fraction of sp³-hybridized carbons (Fsp3) is 0.333. The van der Waals surface area contributed by atoms with Crippen molar-refractivity contribution in [1.29, 1.82) is 0 Å². The van der Waals surface area contributed by atoms with Crippen LogP contribution in [0.15, 0.2) is 36.8 Å². The second kappa shape index (κ2) is 5.73. The van der Waals surface area contributed by atoms with Gasteiger partial charge in [0.1, 0.15) is 0 Å². The van der Waals surface area contributed by atoms with E-state index in [1.54, 1.807) is 11.3 Å². The van der Waals surface area contributed by atoms with Crippen LogP contribution in [0, 0.1) is 0 Å². The molecule has 1 aromatic carbocycles. The molecule has 0 bridgehead atoms. The van der Waals surface area contributed by atoms with Gasteiger partial charge in [-0.2, -0.15) is 0 Å². The van der Waals surface area contributed by atoms with Crippen molar-refractivity contribution < 1.29 is 0 Å². The number of rotatable bonds is 5. The summed E-state index contributed by atoms with van der Waals surface area (Å²) in [6, 6.07) is 8.56. The molecule has 0 aliphatic carbocycles. The minimum atomic E-state index is 0.257. The molecule has 20 heavy (non-hydrogen) atoms. The standard InChI is InChI=1S/C15H18N4S/c1-3-17-12(13-9-16-10-19(13)2)8-15-18-11-6-4-5-7-14(11)20-15/h4-7,9-10,12,17H,3,8H2,1-2H3. The van der Waals surface area contributed by atoms with Crippen LogP contribution in [-0.4, -0.2) is 21.1 Å². The van der Waals surface area contributed by atoms with Crippen molar-refractivity contribution in [2.75, 3.05) is 6.54 Å². The van der Waals surface area contributed by atoms with Gasteiger partial charge in [0.15, 0.2) is 0 Å². The van der Waals surface area contributed by atoms with Crippen molar-refractivity contribution in [3.05, 3.63) is 47.5 Å². The average Bonchev–Trinajstić information content (AvgIpc) is 3.03. The number of nitrogens with zero attached hydrogens (tertiary/aromatic N) is 3. The number of fused-ring (bicyclic) bond motifs is 1. The number of hydrogen-bond acceptors (Lipinski definition) is 4. The van der Waals surface area contributed by atoms with E-state index in [4.69, 9.17) is 4.98 Å². The second-order valence-electron chi connectivity index (χ2n) is 4.82. The lowest BCUT2D eigenvalue weighted by atomic mass is 10.1. The van der Waals surface area contributed by atoms with E-state index in [1.807, 2.05) is 25.6 Å². The van der Waals surface area contributed by atoms with E-state index in [-0.39, 0.29) is 6.04 Å². The predicted molar refractivity (Wildman–Crippen MR) is 82.9 cm³/mol. The molecule has 3 rings (SSSR count). The summed E-state index contributed by atoms with van der Waals surface area (Å²) in [5.74, 6) is 0. The Labute approximate surface area is 122 Å². The molecule has 0 amide bonds. The number of para-hydroxylation sites is 1. The summed E-state index contributed by atoms with van der Waals surface area (Å²) in [6.07, 6.45) is 4.67. The lowest BCUT2D eigenvalue weighted by molar-refractivity contribution is 0.520. The van der Waals surface area contributed by atoms with Gasteiger partial charge in [0.2, 0.25) is 0 Å². The molecule has 0 saturated heterocycles. The fourth-order valence-electron chi connectivity index (χ4n) is 2.41. The maximum atomic E-state index is 4.72. The summed E-state index contributed by atoms with van der Waals surface area (Å²) in [4.78, 5) is 8.94. The summed E-state index contributed by atoms with van der Waals surface area (Å²) in [5, 5.41) is 4.69. The van der Waals surface area contributed by atoms with Crippen molar-refractivity contribution in [3.63, 3.8) is 0 Å². The van der Waals surface area contributed by atoms with Gasteiger partial charge in [0, 0.05) is 19.7 Å². The van der Waals surface area contributed by atoms with Gasteiger partial charge in [-0.25, -0.2) is 9.97 Å². The van der Waals surface area contributed by atoms with Crippen LogP contribution in [0.4, 0.5) is 0 Å². The molecular formula is C15H18N4S. The highest BCUT2D eigenvalue weighted by molar-refractivity contribution is 7.18. The Balaban J connectivity index is 1.88. The topological polar surface area (TPSA) is 42.7 Å². The van der Waals surface area contributed by atoms with Crippen LogP contribution in [0.1, 0.15) is 23.7 Å². The number of hydrogen-bond donors (Lipinski definition) is 1. The number of nitrogens with one attached hydrogen (secondary N) is 1. The molecule has 3 aromatic rings. The quantitative estimate of drug-likeness (QED) is 0.784. The smallest absolute Gasteiger partial charge is 0.0958 e. The van der Waals surface area contributed by atoms with Crippen LogP contribution in [0.2, 0.25) is 0 Å². The Morgan fingerprint density at radius 2 is 2.20 bits per heavy atom. The summed E-state index contributed by atoms with van der Waals surface area (Å²) in [5.41, 5.74) is 2.29. The average molecular weight is 286 g/mol. The van der Waals surface area contributed by atoms with Crippen molar-refractivity contribution in [1.82, 2.24) is 19.9 Å². The molecule has 104 valence electrons. The van der Waals surface area contributed by atoms with E-state index in [0.29, 0.717) is 0 Å². The van der Waals surface area contributed by atoms with Crippen LogP contribution in [0.5, 0.6) is 0 Å². The van der Waals surface area contributed by atoms with Gasteiger partial charge in [-0.3, -0.25) is 0 Å². The molecule has 4 nitrogen and oxygen atoms in total. The van der Waals surface area contributed by atoms with E-state index >= 15 is 0 Å². The zero-order valence-electron chi connectivity index (χ0n) is 11.7. The second-order valence-corrected chi connectivity index (χ2v) is 5.93. The van der Waals surface area contributed by atoms with Crippen LogP contribution in [-0.2, 0) is 13.5 Å². The summed E-state index contributed by atoms with van der Waals surface area (Å²) < 4.78 is 3.32. The Bertz CT molecular complexity index is 668. The van der Waals surface area contributed by atoms with Crippen molar-refractivity contribution >= 4 is 21.6 Å². The van der Waals surface area contributed by atoms with Gasteiger partial charge in [-0.1, -0.05) is 19.1 Å². The Morgan fingerprint density at radius 1 is 1.35 bits per heavy atom. The highest BCUT2D eigenvalue weighted by Crippen LogP contribution is 2.25. The third-order valence-corrected chi connectivity index (χ3v) is 4.44. The molecule has 0 aliphatic heterocycles. The lowest BCUT2D eigenvalue weighted by Gasteiger charge is -2.16. The molecule has 2 heterocycles. The Morgan fingerprint density at radius 3 is 2.90 bits per heavy atom. The fourth-order valence-corrected chi connectivity index (χ4v) is 3.43. The Kier molecular flexibility index (Phi) is 3.80. The van der Waals surface area contributed by atoms with Crippen molar-refractivity contribution in [3.8, 4) is 0 Å². The molecule has 1 unspecified atom stereocenters. The van der Waals surface area contributed by atoms with Crippen LogP contribution >= 0.6 is 11.3 Å². The minimum absolute atomic E-state index is 0.257. The van der Waals surface area contributed by atoms with Gasteiger partial charge in [0.05, 0.1) is 33.3 Å². The first kappa shape index (κ1) is 13.3. The van der Waals surface area contributed by atoms with E-state index < -0.39 is 0 Å². The van der Waals surface area contributed by atoms with E-state index in [1.165, 1.54) is 15.4 Å². The molecule has 0 aliphatic rings. The van der Waals surface area contributed by atoms with E-state index in [9.17, 15) is 0 Å². The number of benzene rings is 1. The van der Waals surface area contributed by atoms with Gasteiger partial charge < -0.3 is 9.88 Å². The molecule has 2 aromatic heterocycles. The summed E-state index contributed by atoms with van der Waals surface area (Å²) in [7, 11) is 2.03. The van der Waals surface area contributed by atoms with Crippen LogP contribution < -0.4 is 5.32 Å². The van der Waals surface area contributed by atoms with Gasteiger partial charge >= 0.3 is 0 Å². The highest BCUT2D eigenvalue weighted by Gasteiger charge is 2.16. The summed E-state index contributed by atoms with van der Waals surface area (Å²) in [6.45, 7) is 3.06. The number of imidazole rings is 1. The van der Waals surface area contributed by atoms with Crippen LogP contribution in [0.25, 0.3) is 10.2 Å². The monoisotopic (exact) mass is 286 g/mol. The SMILES string of the molecule is CCNC(Cc1nc2ccccc2s1)c1cncn1C. The van der Waals surface area contributed by atoms with E-state index in [0.717, 1.165) is 18.5 Å². The molecule has 0 fully saturated rings. The first-order chi connectivity index (χ1) is 9.78. The largest absolute Gasteiger partial charge is 0.336 e. The van der Waals surface area contributed by atoms with Gasteiger partial charge in [-0.05, 0) is 18.7 Å². The zero-order chi connectivity index (χ0) is 13.9. The first-order valence-electron chi connectivity index (χ1n) is 6.82. The molecule has 0 radical (unpaired) electrons. The van der Waals surface area contributed by atoms with Crippen molar-refractivity contribution in [2.45, 2.75) is 19.4 Å². The molecule has 0 spiro atoms. The molecule has 0 saturated carbocycles. The maximum Gasteiger partial charge on any atom is 0.0958 e. The molecular weight excluding hydrogens is 268 g/mol. The summed E-state index contributed by atoms with van der Waals surface area (Å²) >= 11 is 1.77. The normalized spacial score (nSPS) is 12.9. The number of thiazole rings is 1. The van der Waals surface area contributed by atoms with E-state index in [2.05, 4.69) is 40.0 Å². The third-order valence-electron chi connectivity index (χ3n) is 3.38. The highest BCUT2D eigenvalue weighted by atomic mass is 32.1. The van der Waals surface area contributed by atoms with Gasteiger partial charge in [0.25, 0.3) is 0 Å². The Hall–Kier alpha value is -1.72. The molecule has 1 atom stereocenters.